The van der Waals surface area contributed by atoms with E-state index in [1.807, 2.05) is 48.5 Å². The van der Waals surface area contributed by atoms with E-state index in [1.54, 1.807) is 19.2 Å². The summed E-state index contributed by atoms with van der Waals surface area (Å²) in [6.45, 7) is 1.92. The van der Waals surface area contributed by atoms with Crippen LogP contribution in [0.1, 0.15) is 23.2 Å². The van der Waals surface area contributed by atoms with Crippen LogP contribution in [0, 0.1) is 0 Å². The van der Waals surface area contributed by atoms with E-state index >= 15 is 0 Å². The third-order valence-corrected chi connectivity index (χ3v) is 7.28. The van der Waals surface area contributed by atoms with Crippen LogP contribution < -0.4 is 14.4 Å². The quantitative estimate of drug-likeness (QED) is 0.300. The highest BCUT2D eigenvalue weighted by Crippen LogP contribution is 2.32. The Bertz CT molecular complexity index is 1300. The van der Waals surface area contributed by atoms with Crippen molar-refractivity contribution >= 4 is 23.0 Å². The van der Waals surface area contributed by atoms with E-state index in [-0.39, 0.29) is 12.1 Å². The van der Waals surface area contributed by atoms with Crippen molar-refractivity contribution in [3.63, 3.8) is 0 Å². The highest BCUT2D eigenvalue weighted by atomic mass is 32.1. The maximum Gasteiger partial charge on any atom is 0.337 e. The van der Waals surface area contributed by atoms with Gasteiger partial charge >= 0.3 is 5.97 Å². The Morgan fingerprint density at radius 2 is 1.36 bits per heavy atom. The molecule has 0 aliphatic carbocycles. The van der Waals surface area contributed by atoms with Crippen LogP contribution in [0.4, 0.5) is 5.69 Å². The number of hydrogen-bond acceptors (Lipinski definition) is 8. The Morgan fingerprint density at radius 1 is 0.806 bits per heavy atom. The molecule has 0 bridgehead atoms. The smallest absolute Gasteiger partial charge is 0.337 e. The maximum atomic E-state index is 11.6. The lowest BCUT2D eigenvalue weighted by atomic mass is 10.1. The van der Waals surface area contributed by atoms with Crippen LogP contribution >= 0.6 is 11.3 Å². The Balaban J connectivity index is 1.17. The minimum Gasteiger partial charge on any atom is -0.497 e. The van der Waals surface area contributed by atoms with Crippen LogP contribution in [-0.2, 0) is 4.74 Å². The molecule has 0 radical (unpaired) electrons. The molecular weight excluding hydrogens is 474 g/mol. The minimum absolute atomic E-state index is 0.200. The number of anilines is 1. The van der Waals surface area contributed by atoms with Gasteiger partial charge in [0.25, 0.3) is 0 Å². The molecule has 0 amide bonds. The van der Waals surface area contributed by atoms with E-state index in [9.17, 15) is 4.79 Å². The average Bonchev–Trinajstić information content (AvgIpc) is 3.44. The Kier molecular flexibility index (Phi) is 7.13. The van der Waals surface area contributed by atoms with Gasteiger partial charge in [-0.25, -0.2) is 4.79 Å². The second-order valence-corrected chi connectivity index (χ2v) is 9.49. The molecule has 0 saturated carbocycles. The Labute approximate surface area is 214 Å². The van der Waals surface area contributed by atoms with Gasteiger partial charge in [-0.2, -0.15) is 0 Å². The van der Waals surface area contributed by atoms with E-state index in [4.69, 9.17) is 14.2 Å². The van der Waals surface area contributed by atoms with Crippen molar-refractivity contribution < 1.29 is 19.0 Å². The summed E-state index contributed by atoms with van der Waals surface area (Å²) < 4.78 is 16.3. The molecule has 0 atom stereocenters. The first kappa shape index (κ1) is 23.8. The number of esters is 1. The fourth-order valence-electron chi connectivity index (χ4n) is 4.22. The van der Waals surface area contributed by atoms with Crippen molar-refractivity contribution in [2.24, 2.45) is 0 Å². The summed E-state index contributed by atoms with van der Waals surface area (Å²) in [5.74, 6) is 1.38. The summed E-state index contributed by atoms with van der Waals surface area (Å²) in [6, 6.07) is 23.4. The van der Waals surface area contributed by atoms with Gasteiger partial charge in [-0.3, -0.25) is 0 Å². The van der Waals surface area contributed by atoms with E-state index in [2.05, 4.69) is 27.2 Å². The van der Waals surface area contributed by atoms with E-state index in [1.165, 1.54) is 24.1 Å². The molecule has 1 fully saturated rings. The average molecular weight is 502 g/mol. The summed E-state index contributed by atoms with van der Waals surface area (Å²) in [4.78, 5) is 14.0. The number of carbonyl (C=O) groups is 1. The van der Waals surface area contributed by atoms with Crippen LogP contribution in [0.2, 0.25) is 0 Å². The molecule has 8 heteroatoms. The highest BCUT2D eigenvalue weighted by Gasteiger charge is 2.21. The summed E-state index contributed by atoms with van der Waals surface area (Å²) >= 11 is 1.51. The molecule has 36 heavy (non-hydrogen) atoms. The Hall–Kier alpha value is -3.91. The van der Waals surface area contributed by atoms with E-state index < -0.39 is 0 Å². The molecule has 7 nitrogen and oxygen atoms in total. The third-order valence-electron chi connectivity index (χ3n) is 6.26. The monoisotopic (exact) mass is 501 g/mol. The van der Waals surface area contributed by atoms with Crippen molar-refractivity contribution in [1.82, 2.24) is 10.2 Å². The van der Waals surface area contributed by atoms with Crippen molar-refractivity contribution in [3.8, 4) is 32.6 Å². The van der Waals surface area contributed by atoms with Crippen LogP contribution in [0.5, 0.6) is 11.5 Å². The molecule has 0 spiro atoms. The van der Waals surface area contributed by atoms with E-state index in [0.29, 0.717) is 5.56 Å². The molecule has 2 heterocycles. The maximum absolute atomic E-state index is 11.6. The topological polar surface area (TPSA) is 73.8 Å². The number of aromatic nitrogens is 2. The fraction of sp³-hybridized carbons (Fsp3) is 0.250. The number of nitrogens with zero attached hydrogens (tertiary/aromatic N) is 3. The van der Waals surface area contributed by atoms with Crippen molar-refractivity contribution in [2.75, 3.05) is 32.2 Å². The second-order valence-electron chi connectivity index (χ2n) is 8.51. The first-order valence-corrected chi connectivity index (χ1v) is 12.6. The largest absolute Gasteiger partial charge is 0.497 e. The first-order valence-electron chi connectivity index (χ1n) is 11.8. The zero-order valence-electron chi connectivity index (χ0n) is 20.2. The van der Waals surface area contributed by atoms with Gasteiger partial charge in [0.05, 0.1) is 19.8 Å². The van der Waals surface area contributed by atoms with Crippen molar-refractivity contribution in [2.45, 2.75) is 18.9 Å². The molecule has 3 aromatic carbocycles. The zero-order chi connectivity index (χ0) is 24.9. The van der Waals surface area contributed by atoms with Crippen molar-refractivity contribution in [1.29, 1.82) is 0 Å². The molecule has 0 N–H and O–H groups in total. The van der Waals surface area contributed by atoms with Gasteiger partial charge in [-0.15, -0.1) is 10.2 Å². The number of piperidine rings is 1. The van der Waals surface area contributed by atoms with Gasteiger partial charge in [-0.1, -0.05) is 23.5 Å². The SMILES string of the molecule is COC(=O)c1ccc(-c2nnc(-c3ccc(OC4CCN(c5ccc(OC)cc5)CC4)cc3)s2)cc1. The van der Waals surface area contributed by atoms with Gasteiger partial charge in [0.1, 0.15) is 27.6 Å². The summed E-state index contributed by atoms with van der Waals surface area (Å²) in [7, 11) is 3.06. The molecule has 1 aromatic heterocycles. The minimum atomic E-state index is -0.357. The van der Waals surface area contributed by atoms with E-state index in [0.717, 1.165) is 58.6 Å². The molecule has 5 rings (SSSR count). The molecule has 1 saturated heterocycles. The fourth-order valence-corrected chi connectivity index (χ4v) is 5.07. The summed E-state index contributed by atoms with van der Waals surface area (Å²) in [6.07, 6.45) is 2.15. The summed E-state index contributed by atoms with van der Waals surface area (Å²) in [5.41, 5.74) is 3.63. The number of carbonyl (C=O) groups excluding carboxylic acids is 1. The van der Waals surface area contributed by atoms with Crippen LogP contribution in [0.15, 0.2) is 72.8 Å². The van der Waals surface area contributed by atoms with Crippen LogP contribution in [0.25, 0.3) is 21.1 Å². The van der Waals surface area contributed by atoms with Gasteiger partial charge in [0.15, 0.2) is 0 Å². The normalized spacial score (nSPS) is 13.9. The number of hydrogen-bond donors (Lipinski definition) is 0. The number of ether oxygens (including phenoxy) is 3. The molecule has 4 aromatic rings. The lowest BCUT2D eigenvalue weighted by molar-refractivity contribution is 0.0600. The standard InChI is InChI=1S/C28H27N3O4S/c1-33-23-13-9-22(10-14-23)31-17-15-25(16-18-31)35-24-11-7-20(8-12-24)27-30-29-26(36-27)19-3-5-21(6-4-19)28(32)34-2/h3-14,25H,15-18H2,1-2H3. The van der Waals surface area contributed by atoms with Crippen LogP contribution in [0.3, 0.4) is 0 Å². The highest BCUT2D eigenvalue weighted by molar-refractivity contribution is 7.17. The van der Waals surface area contributed by atoms with Crippen LogP contribution in [-0.4, -0.2) is 49.6 Å². The predicted octanol–water partition coefficient (Wildman–Crippen LogP) is 5.72. The van der Waals surface area contributed by atoms with Gasteiger partial charge in [-0.05, 0) is 60.7 Å². The van der Waals surface area contributed by atoms with Crippen molar-refractivity contribution in [3.05, 3.63) is 78.4 Å². The molecule has 1 aliphatic heterocycles. The third kappa shape index (κ3) is 5.33. The lowest BCUT2D eigenvalue weighted by Crippen LogP contribution is -2.38. The molecule has 0 unspecified atom stereocenters. The second kappa shape index (κ2) is 10.8. The number of methoxy groups -OCH3 is 2. The Morgan fingerprint density at radius 3 is 1.92 bits per heavy atom. The number of rotatable bonds is 7. The van der Waals surface area contributed by atoms with Gasteiger partial charge in [0.2, 0.25) is 0 Å². The summed E-state index contributed by atoms with van der Waals surface area (Å²) in [5, 5.41) is 10.3. The molecule has 184 valence electrons. The van der Waals surface area contributed by atoms with Gasteiger partial charge in [0, 0.05) is 42.7 Å². The lowest BCUT2D eigenvalue weighted by Gasteiger charge is -2.33. The first-order chi connectivity index (χ1) is 17.6. The number of benzene rings is 3. The van der Waals surface area contributed by atoms with Gasteiger partial charge < -0.3 is 19.1 Å². The molecular formula is C28H27N3O4S. The molecule has 1 aliphatic rings. The predicted molar refractivity (Wildman–Crippen MR) is 141 cm³/mol. The zero-order valence-corrected chi connectivity index (χ0v) is 21.0.